The summed E-state index contributed by atoms with van der Waals surface area (Å²) in [4.78, 5) is 2.25. The van der Waals surface area contributed by atoms with Crippen molar-refractivity contribution in [2.75, 3.05) is 18.9 Å². The predicted octanol–water partition coefficient (Wildman–Crippen LogP) is 4.65. The molecule has 0 spiro atoms. The Balaban J connectivity index is 1.88. The largest absolute Gasteiger partial charge is 0.490 e. The zero-order valence-corrected chi connectivity index (χ0v) is 14.1. The number of aryl methyl sites for hydroxylation is 1. The molecule has 1 aliphatic rings. The van der Waals surface area contributed by atoms with Crippen LogP contribution in [0, 0.1) is 6.92 Å². The molecule has 2 aromatic carbocycles. The lowest BCUT2D eigenvalue weighted by atomic mass is 10.2. The van der Waals surface area contributed by atoms with E-state index in [1.165, 1.54) is 0 Å². The fourth-order valence-electron chi connectivity index (χ4n) is 2.08. The molecule has 0 aliphatic carbocycles. The van der Waals surface area contributed by atoms with Crippen molar-refractivity contribution in [1.82, 2.24) is 0 Å². The monoisotopic (exact) mass is 365 g/mol. The van der Waals surface area contributed by atoms with Gasteiger partial charge in [-0.05, 0) is 58.7 Å². The number of rotatable bonds is 2. The first-order valence-corrected chi connectivity index (χ1v) is 8.37. The van der Waals surface area contributed by atoms with Crippen LogP contribution in [0.4, 0.5) is 5.69 Å². The summed E-state index contributed by atoms with van der Waals surface area (Å²) in [5.41, 5.74) is 7.79. The Labute approximate surface area is 137 Å². The van der Waals surface area contributed by atoms with Crippen molar-refractivity contribution in [3.63, 3.8) is 0 Å². The molecule has 21 heavy (non-hydrogen) atoms. The number of halogens is 1. The van der Waals surface area contributed by atoms with E-state index in [9.17, 15) is 0 Å². The van der Waals surface area contributed by atoms with Gasteiger partial charge < -0.3 is 15.2 Å². The highest BCUT2D eigenvalue weighted by molar-refractivity contribution is 9.10. The van der Waals surface area contributed by atoms with Crippen LogP contribution in [0.2, 0.25) is 0 Å². The molecule has 0 fully saturated rings. The lowest BCUT2D eigenvalue weighted by Crippen LogP contribution is -1.97. The van der Waals surface area contributed by atoms with Crippen LogP contribution in [0.3, 0.4) is 0 Å². The molecule has 0 atom stereocenters. The second-order valence-electron chi connectivity index (χ2n) is 4.90. The summed E-state index contributed by atoms with van der Waals surface area (Å²) in [6.07, 6.45) is 0.917. The van der Waals surface area contributed by atoms with E-state index in [4.69, 9.17) is 15.2 Å². The van der Waals surface area contributed by atoms with Crippen LogP contribution in [0.5, 0.6) is 11.5 Å². The standard InChI is InChI=1S/C16H16BrNO2S/c1-10-7-16(12(17)9-13(10)18)21-11-3-4-14-15(8-11)20-6-2-5-19-14/h3-4,7-9H,2,5-6,18H2,1H3. The Morgan fingerprint density at radius 3 is 2.67 bits per heavy atom. The molecule has 0 saturated carbocycles. The number of benzene rings is 2. The molecule has 0 unspecified atom stereocenters. The Morgan fingerprint density at radius 2 is 1.86 bits per heavy atom. The molecule has 5 heteroatoms. The van der Waals surface area contributed by atoms with Crippen molar-refractivity contribution in [3.8, 4) is 11.5 Å². The van der Waals surface area contributed by atoms with E-state index in [0.717, 1.165) is 43.4 Å². The third-order valence-corrected chi connectivity index (χ3v) is 5.23. The van der Waals surface area contributed by atoms with Gasteiger partial charge >= 0.3 is 0 Å². The summed E-state index contributed by atoms with van der Waals surface area (Å²) in [5.74, 6) is 1.64. The molecular formula is C16H16BrNO2S. The van der Waals surface area contributed by atoms with Gasteiger partial charge in [0, 0.05) is 26.4 Å². The molecule has 1 heterocycles. The van der Waals surface area contributed by atoms with E-state index in [1.807, 2.05) is 25.1 Å². The second-order valence-corrected chi connectivity index (χ2v) is 6.87. The maximum absolute atomic E-state index is 5.92. The van der Waals surface area contributed by atoms with Crippen molar-refractivity contribution in [3.05, 3.63) is 40.4 Å². The maximum atomic E-state index is 5.92. The van der Waals surface area contributed by atoms with Gasteiger partial charge in [-0.2, -0.15) is 0 Å². The Hall–Kier alpha value is -1.33. The summed E-state index contributed by atoms with van der Waals surface area (Å²) >= 11 is 5.25. The summed E-state index contributed by atoms with van der Waals surface area (Å²) in [6.45, 7) is 3.42. The van der Waals surface area contributed by atoms with Gasteiger partial charge in [0.05, 0.1) is 13.2 Å². The highest BCUT2D eigenvalue weighted by atomic mass is 79.9. The fraction of sp³-hybridized carbons (Fsp3) is 0.250. The summed E-state index contributed by atoms with van der Waals surface area (Å²) in [7, 11) is 0. The van der Waals surface area contributed by atoms with Crippen molar-refractivity contribution < 1.29 is 9.47 Å². The average molecular weight is 366 g/mol. The first-order valence-electron chi connectivity index (χ1n) is 6.76. The van der Waals surface area contributed by atoms with E-state index in [0.29, 0.717) is 13.2 Å². The van der Waals surface area contributed by atoms with Crippen molar-refractivity contribution in [2.45, 2.75) is 23.1 Å². The number of hydrogen-bond donors (Lipinski definition) is 1. The molecule has 0 amide bonds. The van der Waals surface area contributed by atoms with Gasteiger partial charge in [0.1, 0.15) is 0 Å². The van der Waals surface area contributed by atoms with Crippen LogP contribution in [-0.2, 0) is 0 Å². The molecule has 2 N–H and O–H groups in total. The minimum Gasteiger partial charge on any atom is -0.490 e. The number of anilines is 1. The quantitative estimate of drug-likeness (QED) is 0.786. The van der Waals surface area contributed by atoms with Gasteiger partial charge in [-0.3, -0.25) is 0 Å². The first kappa shape index (κ1) is 14.6. The Kier molecular flexibility index (Phi) is 4.31. The minimum atomic E-state index is 0.700. The van der Waals surface area contributed by atoms with E-state index >= 15 is 0 Å². The van der Waals surface area contributed by atoms with Crippen LogP contribution in [0.1, 0.15) is 12.0 Å². The van der Waals surface area contributed by atoms with Gasteiger partial charge in [-0.15, -0.1) is 0 Å². The van der Waals surface area contributed by atoms with E-state index in [-0.39, 0.29) is 0 Å². The zero-order chi connectivity index (χ0) is 14.8. The molecule has 0 radical (unpaired) electrons. The molecule has 0 saturated heterocycles. The van der Waals surface area contributed by atoms with Crippen LogP contribution in [0.25, 0.3) is 0 Å². The van der Waals surface area contributed by atoms with Crippen LogP contribution >= 0.6 is 27.7 Å². The molecule has 1 aliphatic heterocycles. The lowest BCUT2D eigenvalue weighted by Gasteiger charge is -2.11. The van der Waals surface area contributed by atoms with Crippen LogP contribution in [0.15, 0.2) is 44.6 Å². The Bertz CT molecular complexity index is 676. The van der Waals surface area contributed by atoms with Crippen molar-refractivity contribution >= 4 is 33.4 Å². The summed E-state index contributed by atoms with van der Waals surface area (Å²) < 4.78 is 12.4. The number of nitrogens with two attached hydrogens (primary N) is 1. The Morgan fingerprint density at radius 1 is 1.10 bits per heavy atom. The van der Waals surface area contributed by atoms with E-state index in [1.54, 1.807) is 11.8 Å². The number of nitrogen functional groups attached to an aromatic ring is 1. The summed E-state index contributed by atoms with van der Waals surface area (Å²) in [6, 6.07) is 10.1. The molecule has 3 rings (SSSR count). The third-order valence-electron chi connectivity index (χ3n) is 3.27. The van der Waals surface area contributed by atoms with Crippen molar-refractivity contribution in [1.29, 1.82) is 0 Å². The highest BCUT2D eigenvalue weighted by Gasteiger charge is 2.12. The number of fused-ring (bicyclic) bond motifs is 1. The molecule has 110 valence electrons. The molecular weight excluding hydrogens is 350 g/mol. The predicted molar refractivity (Wildman–Crippen MR) is 89.5 cm³/mol. The van der Waals surface area contributed by atoms with Crippen LogP contribution < -0.4 is 15.2 Å². The van der Waals surface area contributed by atoms with Gasteiger partial charge in [-0.1, -0.05) is 11.8 Å². The van der Waals surface area contributed by atoms with E-state index < -0.39 is 0 Å². The van der Waals surface area contributed by atoms with E-state index in [2.05, 4.69) is 28.1 Å². The second kappa shape index (κ2) is 6.20. The first-order chi connectivity index (χ1) is 10.1. The topological polar surface area (TPSA) is 44.5 Å². The number of ether oxygens (including phenoxy) is 2. The third kappa shape index (κ3) is 3.30. The molecule has 2 aromatic rings. The maximum Gasteiger partial charge on any atom is 0.162 e. The molecule has 0 aromatic heterocycles. The highest BCUT2D eigenvalue weighted by Crippen LogP contribution is 2.40. The van der Waals surface area contributed by atoms with Gasteiger partial charge in [-0.25, -0.2) is 0 Å². The van der Waals surface area contributed by atoms with Gasteiger partial charge in [0.25, 0.3) is 0 Å². The molecule has 3 nitrogen and oxygen atoms in total. The SMILES string of the molecule is Cc1cc(Sc2ccc3c(c2)OCCCO3)c(Br)cc1N. The number of hydrogen-bond acceptors (Lipinski definition) is 4. The summed E-state index contributed by atoms with van der Waals surface area (Å²) in [5, 5.41) is 0. The average Bonchev–Trinajstić information content (AvgIpc) is 2.69. The van der Waals surface area contributed by atoms with Gasteiger partial charge in [0.2, 0.25) is 0 Å². The lowest BCUT2D eigenvalue weighted by molar-refractivity contribution is 0.297. The van der Waals surface area contributed by atoms with Gasteiger partial charge in [0.15, 0.2) is 11.5 Å². The fourth-order valence-corrected chi connectivity index (χ4v) is 3.63. The molecule has 0 bridgehead atoms. The normalized spacial score (nSPS) is 13.8. The zero-order valence-electron chi connectivity index (χ0n) is 11.7. The van der Waals surface area contributed by atoms with Crippen molar-refractivity contribution in [2.24, 2.45) is 0 Å². The van der Waals surface area contributed by atoms with Crippen LogP contribution in [-0.4, -0.2) is 13.2 Å². The minimum absolute atomic E-state index is 0.700. The smallest absolute Gasteiger partial charge is 0.162 e.